The van der Waals surface area contributed by atoms with Gasteiger partial charge in [-0.3, -0.25) is 4.79 Å². The molecule has 3 aromatic rings. The molecule has 0 radical (unpaired) electrons. The maximum absolute atomic E-state index is 12.0. The van der Waals surface area contributed by atoms with Crippen LogP contribution in [0.2, 0.25) is 0 Å². The zero-order valence-corrected chi connectivity index (χ0v) is 17.9. The van der Waals surface area contributed by atoms with E-state index >= 15 is 0 Å². The standard InChI is InChI=1S/C22H22N2O6S/c1-24(2)31(27,28)20-11-8-18(9-12-20)23-21(25)14-30-22(26)15-29-19-10-7-16-5-3-4-6-17(16)13-19/h3-13H,14-15H2,1-2H3,(H,23,25). The van der Waals surface area contributed by atoms with E-state index in [4.69, 9.17) is 9.47 Å². The molecular formula is C22H22N2O6S. The Bertz CT molecular complexity index is 1190. The third kappa shape index (κ3) is 5.80. The average molecular weight is 442 g/mol. The number of nitrogens with one attached hydrogen (secondary N) is 1. The number of sulfonamides is 1. The lowest BCUT2D eigenvalue weighted by atomic mass is 10.1. The highest BCUT2D eigenvalue weighted by Gasteiger charge is 2.17. The summed E-state index contributed by atoms with van der Waals surface area (Å²) in [7, 11) is -0.681. The average Bonchev–Trinajstić information content (AvgIpc) is 2.76. The Morgan fingerprint density at radius 2 is 1.58 bits per heavy atom. The zero-order chi connectivity index (χ0) is 22.4. The largest absolute Gasteiger partial charge is 0.482 e. The van der Waals surface area contributed by atoms with Gasteiger partial charge in [-0.25, -0.2) is 17.5 Å². The van der Waals surface area contributed by atoms with Crippen molar-refractivity contribution in [3.63, 3.8) is 0 Å². The summed E-state index contributed by atoms with van der Waals surface area (Å²) < 4.78 is 35.5. The molecule has 0 aliphatic rings. The number of carbonyl (C=O) groups excluding carboxylic acids is 2. The van der Waals surface area contributed by atoms with Crippen LogP contribution in [0.5, 0.6) is 5.75 Å². The van der Waals surface area contributed by atoms with Crippen LogP contribution in [-0.2, 0) is 24.3 Å². The summed E-state index contributed by atoms with van der Waals surface area (Å²) in [4.78, 5) is 23.9. The lowest BCUT2D eigenvalue weighted by Crippen LogP contribution is -2.24. The van der Waals surface area contributed by atoms with Gasteiger partial charge in [0, 0.05) is 19.8 Å². The van der Waals surface area contributed by atoms with Gasteiger partial charge in [-0.1, -0.05) is 30.3 Å². The molecule has 3 rings (SSSR count). The summed E-state index contributed by atoms with van der Waals surface area (Å²) in [6, 6.07) is 18.9. The van der Waals surface area contributed by atoms with Crippen molar-refractivity contribution in [3.8, 4) is 5.75 Å². The van der Waals surface area contributed by atoms with Gasteiger partial charge in [0.25, 0.3) is 5.91 Å². The summed E-state index contributed by atoms with van der Waals surface area (Å²) in [6.45, 7) is -0.819. The Morgan fingerprint density at radius 3 is 2.26 bits per heavy atom. The molecule has 31 heavy (non-hydrogen) atoms. The fraction of sp³-hybridized carbons (Fsp3) is 0.182. The second-order valence-corrected chi connectivity index (χ2v) is 8.97. The van der Waals surface area contributed by atoms with Crippen LogP contribution >= 0.6 is 0 Å². The van der Waals surface area contributed by atoms with Crippen LogP contribution in [0.25, 0.3) is 10.8 Å². The molecule has 1 N–H and O–H groups in total. The van der Waals surface area contributed by atoms with E-state index in [9.17, 15) is 18.0 Å². The van der Waals surface area contributed by atoms with Gasteiger partial charge < -0.3 is 14.8 Å². The van der Waals surface area contributed by atoms with Gasteiger partial charge in [0.15, 0.2) is 13.2 Å². The molecule has 0 heterocycles. The molecule has 0 spiro atoms. The van der Waals surface area contributed by atoms with Crippen molar-refractivity contribution in [1.82, 2.24) is 4.31 Å². The second-order valence-electron chi connectivity index (χ2n) is 6.82. The molecule has 9 heteroatoms. The normalized spacial score (nSPS) is 11.3. The van der Waals surface area contributed by atoms with Crippen LogP contribution in [0.4, 0.5) is 5.69 Å². The van der Waals surface area contributed by atoms with Crippen LogP contribution in [0, 0.1) is 0 Å². The van der Waals surface area contributed by atoms with Gasteiger partial charge in [-0.05, 0) is 47.2 Å². The van der Waals surface area contributed by atoms with Crippen LogP contribution in [-0.4, -0.2) is 51.9 Å². The first-order chi connectivity index (χ1) is 14.8. The van der Waals surface area contributed by atoms with Crippen molar-refractivity contribution in [3.05, 3.63) is 66.7 Å². The van der Waals surface area contributed by atoms with Crippen molar-refractivity contribution in [2.75, 3.05) is 32.6 Å². The van der Waals surface area contributed by atoms with Crippen LogP contribution < -0.4 is 10.1 Å². The third-order valence-electron chi connectivity index (χ3n) is 4.36. The summed E-state index contributed by atoms with van der Waals surface area (Å²) in [6.07, 6.45) is 0. The number of fused-ring (bicyclic) bond motifs is 1. The van der Waals surface area contributed by atoms with Crippen LogP contribution in [0.15, 0.2) is 71.6 Å². The monoisotopic (exact) mass is 442 g/mol. The maximum atomic E-state index is 12.0. The first-order valence-corrected chi connectivity index (χ1v) is 10.8. The number of carbonyl (C=O) groups is 2. The quantitative estimate of drug-likeness (QED) is 0.538. The molecule has 162 valence electrons. The van der Waals surface area contributed by atoms with Gasteiger partial charge in [0.2, 0.25) is 10.0 Å². The smallest absolute Gasteiger partial charge is 0.344 e. The zero-order valence-electron chi connectivity index (χ0n) is 17.1. The minimum absolute atomic E-state index is 0.104. The molecule has 1 amide bonds. The van der Waals surface area contributed by atoms with E-state index in [1.54, 1.807) is 6.07 Å². The van der Waals surface area contributed by atoms with E-state index in [0.29, 0.717) is 11.4 Å². The maximum Gasteiger partial charge on any atom is 0.344 e. The highest BCUT2D eigenvalue weighted by Crippen LogP contribution is 2.20. The molecule has 0 aliphatic heterocycles. The molecular weight excluding hydrogens is 420 g/mol. The number of amides is 1. The third-order valence-corrected chi connectivity index (χ3v) is 6.19. The number of rotatable bonds is 8. The predicted octanol–water partition coefficient (Wildman–Crippen LogP) is 2.65. The van der Waals surface area contributed by atoms with E-state index in [1.165, 1.54) is 38.4 Å². The Labute approximate surface area is 180 Å². The lowest BCUT2D eigenvalue weighted by molar-refractivity contribution is -0.149. The number of nitrogens with zero attached hydrogens (tertiary/aromatic N) is 1. The van der Waals surface area contributed by atoms with Crippen molar-refractivity contribution < 1.29 is 27.5 Å². The summed E-state index contributed by atoms with van der Waals surface area (Å²) in [5.41, 5.74) is 0.381. The SMILES string of the molecule is CN(C)S(=O)(=O)c1ccc(NC(=O)COC(=O)COc2ccc3ccccc3c2)cc1. The van der Waals surface area contributed by atoms with Gasteiger partial charge in [0.05, 0.1) is 4.90 Å². The van der Waals surface area contributed by atoms with Crippen molar-refractivity contribution in [2.24, 2.45) is 0 Å². The Balaban J connectivity index is 1.46. The van der Waals surface area contributed by atoms with E-state index in [-0.39, 0.29) is 11.5 Å². The highest BCUT2D eigenvalue weighted by atomic mass is 32.2. The molecule has 0 fully saturated rings. The predicted molar refractivity (Wildman–Crippen MR) is 116 cm³/mol. The van der Waals surface area contributed by atoms with Crippen molar-refractivity contribution >= 4 is 38.4 Å². The molecule has 0 saturated heterocycles. The minimum Gasteiger partial charge on any atom is -0.482 e. The fourth-order valence-electron chi connectivity index (χ4n) is 2.71. The molecule has 0 aromatic heterocycles. The van der Waals surface area contributed by atoms with Gasteiger partial charge in [-0.15, -0.1) is 0 Å². The highest BCUT2D eigenvalue weighted by molar-refractivity contribution is 7.89. The van der Waals surface area contributed by atoms with Gasteiger partial charge >= 0.3 is 5.97 Å². The molecule has 0 atom stereocenters. The number of benzene rings is 3. The van der Waals surface area contributed by atoms with Gasteiger partial charge in [-0.2, -0.15) is 0 Å². The number of anilines is 1. The molecule has 3 aromatic carbocycles. The summed E-state index contributed by atoms with van der Waals surface area (Å²) >= 11 is 0. The Hall–Kier alpha value is -3.43. The minimum atomic E-state index is -3.55. The first-order valence-electron chi connectivity index (χ1n) is 9.35. The topological polar surface area (TPSA) is 102 Å². The lowest BCUT2D eigenvalue weighted by Gasteiger charge is -2.12. The summed E-state index contributed by atoms with van der Waals surface area (Å²) in [5.74, 6) is -0.717. The Kier molecular flexibility index (Phi) is 6.88. The van der Waals surface area contributed by atoms with E-state index in [1.807, 2.05) is 36.4 Å². The molecule has 0 saturated carbocycles. The van der Waals surface area contributed by atoms with E-state index in [0.717, 1.165) is 15.1 Å². The first kappa shape index (κ1) is 22.3. The molecule has 8 nitrogen and oxygen atoms in total. The van der Waals surface area contributed by atoms with E-state index < -0.39 is 28.5 Å². The molecule has 0 bridgehead atoms. The van der Waals surface area contributed by atoms with E-state index in [2.05, 4.69) is 5.32 Å². The summed E-state index contributed by atoms with van der Waals surface area (Å²) in [5, 5.41) is 4.57. The van der Waals surface area contributed by atoms with Crippen molar-refractivity contribution in [2.45, 2.75) is 4.90 Å². The molecule has 0 unspecified atom stereocenters. The second kappa shape index (κ2) is 9.59. The van der Waals surface area contributed by atoms with Crippen LogP contribution in [0.3, 0.4) is 0 Å². The molecule has 0 aliphatic carbocycles. The fourth-order valence-corrected chi connectivity index (χ4v) is 3.61. The van der Waals surface area contributed by atoms with Crippen molar-refractivity contribution in [1.29, 1.82) is 0 Å². The number of hydrogen-bond donors (Lipinski definition) is 1. The van der Waals surface area contributed by atoms with Crippen LogP contribution in [0.1, 0.15) is 0 Å². The number of ether oxygens (including phenoxy) is 2. The number of esters is 1. The Morgan fingerprint density at radius 1 is 0.903 bits per heavy atom. The van der Waals surface area contributed by atoms with Gasteiger partial charge in [0.1, 0.15) is 5.75 Å². The number of hydrogen-bond acceptors (Lipinski definition) is 6.